The highest BCUT2D eigenvalue weighted by molar-refractivity contribution is 7.91. The molecular weight excluding hydrogens is 354 g/mol. The van der Waals surface area contributed by atoms with E-state index in [0.717, 1.165) is 32.1 Å². The summed E-state index contributed by atoms with van der Waals surface area (Å²) in [5.74, 6) is 0.473. The van der Waals surface area contributed by atoms with Gasteiger partial charge in [-0.2, -0.15) is 0 Å². The summed E-state index contributed by atoms with van der Waals surface area (Å²) in [6.07, 6.45) is 5.59. The van der Waals surface area contributed by atoms with Crippen LogP contribution in [0.5, 0.6) is 0 Å². The first-order chi connectivity index (χ1) is 12.2. The van der Waals surface area contributed by atoms with E-state index in [1.54, 1.807) is 0 Å². The molecule has 1 unspecified atom stereocenters. The van der Waals surface area contributed by atoms with Crippen LogP contribution in [0.2, 0.25) is 0 Å². The number of hydrogen-bond acceptors (Lipinski definition) is 5. The lowest BCUT2D eigenvalue weighted by atomic mass is 9.67. The van der Waals surface area contributed by atoms with Crippen molar-refractivity contribution >= 4 is 21.8 Å². The number of sulfone groups is 1. The number of rotatable bonds is 4. The van der Waals surface area contributed by atoms with E-state index in [0.29, 0.717) is 12.5 Å². The van der Waals surface area contributed by atoms with Crippen molar-refractivity contribution in [2.75, 3.05) is 18.2 Å². The number of hydrogen-bond donors (Lipinski definition) is 1. The van der Waals surface area contributed by atoms with Gasteiger partial charge in [-0.1, -0.05) is 20.3 Å². The number of carbonyl (C=O) groups is 2. The van der Waals surface area contributed by atoms with Crippen LogP contribution < -0.4 is 5.32 Å². The van der Waals surface area contributed by atoms with Gasteiger partial charge in [-0.15, -0.1) is 0 Å². The zero-order valence-corrected chi connectivity index (χ0v) is 16.4. The molecule has 4 aliphatic rings. The summed E-state index contributed by atoms with van der Waals surface area (Å²) in [7, 11) is -3.00. The Kier molecular flexibility index (Phi) is 4.34. The normalized spacial score (nSPS) is 39.8. The van der Waals surface area contributed by atoms with Gasteiger partial charge in [0.15, 0.2) is 9.84 Å². The molecule has 26 heavy (non-hydrogen) atoms. The smallest absolute Gasteiger partial charge is 0.323 e. The number of nitrogens with zero attached hydrogens (tertiary/aromatic N) is 2. The Labute approximate surface area is 155 Å². The molecule has 8 heteroatoms. The summed E-state index contributed by atoms with van der Waals surface area (Å²) in [6, 6.07) is -0.0976. The molecule has 0 radical (unpaired) electrons. The van der Waals surface area contributed by atoms with Crippen LogP contribution in [0.4, 0.5) is 4.79 Å². The van der Waals surface area contributed by atoms with Crippen LogP contribution in [0.15, 0.2) is 0 Å². The molecule has 2 saturated carbocycles. The fourth-order valence-corrected chi connectivity index (χ4v) is 6.96. The molecule has 2 heterocycles. The minimum absolute atomic E-state index is 0.0779. The monoisotopic (exact) mass is 383 g/mol. The minimum atomic E-state index is -3.00. The fourth-order valence-electron chi connectivity index (χ4n) is 5.22. The van der Waals surface area contributed by atoms with Crippen molar-refractivity contribution in [3.63, 3.8) is 0 Å². The SMILES string of the molecule is C[C@@H]1CCC[C@H](C)C12NC(=O)N(CN(C1CC1)[C@@H]1CCS(=O)(=O)C1)C2=O. The lowest BCUT2D eigenvalue weighted by molar-refractivity contribution is -0.138. The third kappa shape index (κ3) is 2.85. The van der Waals surface area contributed by atoms with Gasteiger partial charge in [-0.25, -0.2) is 18.1 Å². The van der Waals surface area contributed by atoms with E-state index in [4.69, 9.17) is 0 Å². The Morgan fingerprint density at radius 1 is 1.08 bits per heavy atom. The Morgan fingerprint density at radius 3 is 2.27 bits per heavy atom. The average Bonchev–Trinajstić information content (AvgIpc) is 3.29. The Morgan fingerprint density at radius 2 is 1.73 bits per heavy atom. The van der Waals surface area contributed by atoms with Gasteiger partial charge in [0.1, 0.15) is 5.54 Å². The second-order valence-electron chi connectivity index (χ2n) is 8.71. The highest BCUT2D eigenvalue weighted by atomic mass is 32.2. The molecule has 1 spiro atoms. The van der Waals surface area contributed by atoms with Crippen molar-refractivity contribution in [1.82, 2.24) is 15.1 Å². The number of urea groups is 1. The van der Waals surface area contributed by atoms with Crippen molar-refractivity contribution in [1.29, 1.82) is 0 Å². The van der Waals surface area contributed by atoms with Gasteiger partial charge < -0.3 is 5.32 Å². The summed E-state index contributed by atoms with van der Waals surface area (Å²) < 4.78 is 23.8. The zero-order chi connectivity index (χ0) is 18.7. The van der Waals surface area contributed by atoms with Crippen molar-refractivity contribution in [3.05, 3.63) is 0 Å². The summed E-state index contributed by atoms with van der Waals surface area (Å²) in [4.78, 5) is 29.5. The third-order valence-corrected chi connectivity index (χ3v) is 8.74. The van der Waals surface area contributed by atoms with Crippen molar-refractivity contribution < 1.29 is 18.0 Å². The molecule has 146 valence electrons. The first-order valence-electron chi connectivity index (χ1n) is 9.85. The van der Waals surface area contributed by atoms with E-state index >= 15 is 0 Å². The molecular formula is C18H29N3O4S. The minimum Gasteiger partial charge on any atom is -0.323 e. The number of imide groups is 1. The maximum Gasteiger partial charge on any atom is 0.326 e. The molecule has 0 aromatic carbocycles. The van der Waals surface area contributed by atoms with Gasteiger partial charge >= 0.3 is 6.03 Å². The Hall–Kier alpha value is -1.15. The van der Waals surface area contributed by atoms with Gasteiger partial charge in [-0.05, 0) is 43.9 Å². The van der Waals surface area contributed by atoms with E-state index in [1.165, 1.54) is 4.90 Å². The van der Waals surface area contributed by atoms with Crippen LogP contribution in [0.25, 0.3) is 0 Å². The zero-order valence-electron chi connectivity index (χ0n) is 15.6. The van der Waals surface area contributed by atoms with E-state index in [1.807, 2.05) is 0 Å². The second-order valence-corrected chi connectivity index (χ2v) is 10.9. The quantitative estimate of drug-likeness (QED) is 0.741. The van der Waals surface area contributed by atoms with Gasteiger partial charge in [0.05, 0.1) is 18.2 Å². The van der Waals surface area contributed by atoms with E-state index in [2.05, 4.69) is 24.1 Å². The molecule has 4 atom stereocenters. The van der Waals surface area contributed by atoms with Crippen LogP contribution in [0.3, 0.4) is 0 Å². The summed E-state index contributed by atoms with van der Waals surface area (Å²) >= 11 is 0. The van der Waals surface area contributed by atoms with Gasteiger partial charge in [0.25, 0.3) is 5.91 Å². The highest BCUT2D eigenvalue weighted by Gasteiger charge is 2.59. The van der Waals surface area contributed by atoms with Crippen molar-refractivity contribution in [3.8, 4) is 0 Å². The number of nitrogens with one attached hydrogen (secondary N) is 1. The molecule has 4 fully saturated rings. The first kappa shape index (κ1) is 18.2. The molecule has 2 aliphatic heterocycles. The van der Waals surface area contributed by atoms with Crippen molar-refractivity contribution in [2.24, 2.45) is 11.8 Å². The number of amides is 3. The summed E-state index contributed by atoms with van der Waals surface area (Å²) in [6.45, 7) is 4.33. The Balaban J connectivity index is 1.55. The largest absolute Gasteiger partial charge is 0.326 e. The van der Waals surface area contributed by atoms with Crippen LogP contribution >= 0.6 is 0 Å². The molecule has 3 amide bonds. The van der Waals surface area contributed by atoms with Gasteiger partial charge in [0, 0.05) is 12.1 Å². The van der Waals surface area contributed by atoms with Gasteiger partial charge in [-0.3, -0.25) is 9.69 Å². The maximum atomic E-state index is 13.3. The van der Waals surface area contributed by atoms with Crippen LogP contribution in [-0.2, 0) is 14.6 Å². The summed E-state index contributed by atoms with van der Waals surface area (Å²) in [5.41, 5.74) is -0.785. The predicted molar refractivity (Wildman–Crippen MR) is 97.1 cm³/mol. The molecule has 2 saturated heterocycles. The summed E-state index contributed by atoms with van der Waals surface area (Å²) in [5, 5.41) is 3.03. The Bertz CT molecular complexity index is 708. The lowest BCUT2D eigenvalue weighted by Crippen LogP contribution is -2.59. The van der Waals surface area contributed by atoms with Crippen LogP contribution in [0.1, 0.15) is 52.4 Å². The molecule has 7 nitrogen and oxygen atoms in total. The molecule has 0 aromatic heterocycles. The first-order valence-corrected chi connectivity index (χ1v) is 11.7. The number of carbonyl (C=O) groups excluding carboxylic acids is 2. The van der Waals surface area contributed by atoms with E-state index < -0.39 is 15.4 Å². The van der Waals surface area contributed by atoms with E-state index in [-0.39, 0.29) is 48.0 Å². The standard InChI is InChI=1S/C18H29N3O4S/c1-12-4-3-5-13(2)18(12)16(22)21(17(23)19-18)11-20(14-6-7-14)15-8-9-26(24,25)10-15/h12-15H,3-11H2,1-2H3,(H,19,23)/t12-,13+,15-,18?/m1/s1. The molecule has 2 aliphatic carbocycles. The third-order valence-electron chi connectivity index (χ3n) is 6.98. The van der Waals surface area contributed by atoms with Crippen LogP contribution in [-0.4, -0.2) is 66.0 Å². The topological polar surface area (TPSA) is 86.8 Å². The molecule has 4 rings (SSSR count). The predicted octanol–water partition coefficient (Wildman–Crippen LogP) is 1.34. The fraction of sp³-hybridized carbons (Fsp3) is 0.889. The second kappa shape index (κ2) is 6.19. The lowest BCUT2D eigenvalue weighted by Gasteiger charge is -2.42. The average molecular weight is 384 g/mol. The maximum absolute atomic E-state index is 13.3. The molecule has 1 N–H and O–H groups in total. The van der Waals surface area contributed by atoms with E-state index in [9.17, 15) is 18.0 Å². The highest BCUT2D eigenvalue weighted by Crippen LogP contribution is 2.42. The molecule has 0 bridgehead atoms. The van der Waals surface area contributed by atoms with Crippen LogP contribution in [0, 0.1) is 11.8 Å². The molecule has 0 aromatic rings. The van der Waals surface area contributed by atoms with Crippen molar-refractivity contribution in [2.45, 2.75) is 70.0 Å². The van der Waals surface area contributed by atoms with Gasteiger partial charge in [0.2, 0.25) is 0 Å².